The molecule has 4 nitrogen and oxygen atoms in total. The minimum Gasteiger partial charge on any atom is -0.497 e. The maximum Gasteiger partial charge on any atom is 0.248 e. The highest BCUT2D eigenvalue weighted by molar-refractivity contribution is 9.11. The van der Waals surface area contributed by atoms with Crippen LogP contribution in [0.1, 0.15) is 10.4 Å². The Hall–Kier alpha value is -1.53. The first-order chi connectivity index (χ1) is 9.51. The van der Waals surface area contributed by atoms with Crippen molar-refractivity contribution in [1.29, 1.82) is 0 Å². The van der Waals surface area contributed by atoms with Gasteiger partial charge < -0.3 is 15.2 Å². The smallest absolute Gasteiger partial charge is 0.248 e. The molecule has 0 heterocycles. The van der Waals surface area contributed by atoms with E-state index in [2.05, 4.69) is 31.9 Å². The lowest BCUT2D eigenvalue weighted by Gasteiger charge is -2.11. The predicted octanol–water partition coefficient (Wildman–Crippen LogP) is 4.11. The van der Waals surface area contributed by atoms with Crippen molar-refractivity contribution < 1.29 is 14.3 Å². The summed E-state index contributed by atoms with van der Waals surface area (Å²) in [5.41, 5.74) is 5.63. The van der Waals surface area contributed by atoms with E-state index < -0.39 is 5.91 Å². The molecule has 20 heavy (non-hydrogen) atoms. The zero-order valence-electron chi connectivity index (χ0n) is 10.5. The number of rotatable bonds is 4. The summed E-state index contributed by atoms with van der Waals surface area (Å²) in [4.78, 5) is 11.1. The number of hydrogen-bond donors (Lipinski definition) is 1. The van der Waals surface area contributed by atoms with Crippen molar-refractivity contribution >= 4 is 37.8 Å². The fraction of sp³-hybridized carbons (Fsp3) is 0.0714. The number of carbonyl (C=O) groups excluding carboxylic acids is 1. The molecule has 0 unspecified atom stereocenters. The second-order valence-electron chi connectivity index (χ2n) is 3.91. The van der Waals surface area contributed by atoms with Crippen molar-refractivity contribution in [3.8, 4) is 17.2 Å². The fourth-order valence-corrected chi connectivity index (χ4v) is 2.45. The SMILES string of the molecule is COc1ccc(Oc2ccc(C(N)=O)cc2Br)c(Br)c1. The Morgan fingerprint density at radius 1 is 1.05 bits per heavy atom. The maximum atomic E-state index is 11.1. The molecular formula is C14H11Br2NO3. The van der Waals surface area contributed by atoms with Crippen LogP contribution < -0.4 is 15.2 Å². The number of methoxy groups -OCH3 is 1. The molecule has 0 atom stereocenters. The minimum atomic E-state index is -0.483. The molecule has 0 radical (unpaired) electrons. The van der Waals surface area contributed by atoms with Crippen LogP contribution in [-0.4, -0.2) is 13.0 Å². The maximum absolute atomic E-state index is 11.1. The predicted molar refractivity (Wildman–Crippen MR) is 83.4 cm³/mol. The van der Waals surface area contributed by atoms with Crippen molar-refractivity contribution in [3.63, 3.8) is 0 Å². The van der Waals surface area contributed by atoms with E-state index in [1.54, 1.807) is 43.5 Å². The molecule has 2 aromatic rings. The van der Waals surface area contributed by atoms with E-state index in [0.717, 1.165) is 10.2 Å². The summed E-state index contributed by atoms with van der Waals surface area (Å²) >= 11 is 6.77. The van der Waals surface area contributed by atoms with Crippen LogP contribution in [-0.2, 0) is 0 Å². The zero-order valence-corrected chi connectivity index (χ0v) is 13.7. The second-order valence-corrected chi connectivity index (χ2v) is 5.62. The van der Waals surface area contributed by atoms with Gasteiger partial charge in [0, 0.05) is 5.56 Å². The number of nitrogens with two attached hydrogens (primary N) is 1. The average Bonchev–Trinajstić information content (AvgIpc) is 2.42. The van der Waals surface area contributed by atoms with Gasteiger partial charge in [-0.1, -0.05) is 0 Å². The van der Waals surface area contributed by atoms with Gasteiger partial charge >= 0.3 is 0 Å². The molecule has 0 saturated carbocycles. The Morgan fingerprint density at radius 2 is 1.65 bits per heavy atom. The van der Waals surface area contributed by atoms with Crippen LogP contribution in [0.3, 0.4) is 0 Å². The molecule has 0 aliphatic heterocycles. The van der Waals surface area contributed by atoms with Gasteiger partial charge in [-0.2, -0.15) is 0 Å². The van der Waals surface area contributed by atoms with E-state index in [-0.39, 0.29) is 0 Å². The van der Waals surface area contributed by atoms with Crippen molar-refractivity contribution in [2.24, 2.45) is 5.73 Å². The third-order valence-electron chi connectivity index (χ3n) is 2.58. The van der Waals surface area contributed by atoms with E-state index in [4.69, 9.17) is 15.2 Å². The van der Waals surface area contributed by atoms with Crippen molar-refractivity contribution in [3.05, 3.63) is 50.9 Å². The van der Waals surface area contributed by atoms with E-state index in [1.807, 2.05) is 0 Å². The van der Waals surface area contributed by atoms with Gasteiger partial charge in [-0.3, -0.25) is 4.79 Å². The molecule has 0 bridgehead atoms. The number of hydrogen-bond acceptors (Lipinski definition) is 3. The highest BCUT2D eigenvalue weighted by atomic mass is 79.9. The first kappa shape index (κ1) is 14.9. The monoisotopic (exact) mass is 399 g/mol. The Morgan fingerprint density at radius 3 is 2.15 bits per heavy atom. The van der Waals surface area contributed by atoms with Crippen LogP contribution >= 0.6 is 31.9 Å². The van der Waals surface area contributed by atoms with Crippen LogP contribution in [0.25, 0.3) is 0 Å². The molecule has 1 amide bonds. The van der Waals surface area contributed by atoms with E-state index in [9.17, 15) is 4.79 Å². The molecule has 6 heteroatoms. The van der Waals surface area contributed by atoms with Gasteiger partial charge in [0.05, 0.1) is 16.1 Å². The molecule has 0 spiro atoms. The second kappa shape index (κ2) is 6.28. The number of primary amides is 1. The summed E-state index contributed by atoms with van der Waals surface area (Å²) in [6.45, 7) is 0. The van der Waals surface area contributed by atoms with Gasteiger partial charge in [-0.05, 0) is 68.3 Å². The number of carbonyl (C=O) groups is 1. The van der Waals surface area contributed by atoms with Gasteiger partial charge in [-0.25, -0.2) is 0 Å². The van der Waals surface area contributed by atoms with E-state index in [1.165, 1.54) is 0 Å². The Kier molecular flexibility index (Phi) is 4.67. The van der Waals surface area contributed by atoms with Crippen molar-refractivity contribution in [2.45, 2.75) is 0 Å². The van der Waals surface area contributed by atoms with E-state index in [0.29, 0.717) is 21.5 Å². The molecular weight excluding hydrogens is 390 g/mol. The summed E-state index contributed by atoms with van der Waals surface area (Å²) in [5, 5.41) is 0. The quantitative estimate of drug-likeness (QED) is 0.839. The first-order valence-corrected chi connectivity index (χ1v) is 7.20. The van der Waals surface area contributed by atoms with Gasteiger partial charge in [-0.15, -0.1) is 0 Å². The third-order valence-corrected chi connectivity index (χ3v) is 3.81. The highest BCUT2D eigenvalue weighted by Gasteiger charge is 2.09. The number of ether oxygens (including phenoxy) is 2. The molecule has 0 aliphatic carbocycles. The fourth-order valence-electron chi connectivity index (χ4n) is 1.55. The lowest BCUT2D eigenvalue weighted by Crippen LogP contribution is -2.10. The largest absolute Gasteiger partial charge is 0.497 e. The topological polar surface area (TPSA) is 61.6 Å². The van der Waals surface area contributed by atoms with Crippen molar-refractivity contribution in [2.75, 3.05) is 7.11 Å². The molecule has 0 aromatic heterocycles. The van der Waals surface area contributed by atoms with Crippen LogP contribution in [0, 0.1) is 0 Å². The normalized spacial score (nSPS) is 10.2. The standard InChI is InChI=1S/C14H11Br2NO3/c1-19-9-3-5-13(11(16)7-9)20-12-4-2-8(14(17)18)6-10(12)15/h2-7H,1H3,(H2,17,18). The minimum absolute atomic E-state index is 0.415. The molecule has 0 saturated heterocycles. The Balaban J connectivity index is 2.28. The lowest BCUT2D eigenvalue weighted by atomic mass is 10.2. The molecule has 2 aromatic carbocycles. The van der Waals surface area contributed by atoms with Crippen molar-refractivity contribution in [1.82, 2.24) is 0 Å². The molecule has 2 N–H and O–H groups in total. The number of amides is 1. The van der Waals surface area contributed by atoms with Gasteiger partial charge in [0.1, 0.15) is 17.2 Å². The molecule has 0 aliphatic rings. The highest BCUT2D eigenvalue weighted by Crippen LogP contribution is 2.36. The van der Waals surface area contributed by atoms with E-state index >= 15 is 0 Å². The summed E-state index contributed by atoms with van der Waals surface area (Å²) in [6.07, 6.45) is 0. The van der Waals surface area contributed by atoms with Gasteiger partial charge in [0.25, 0.3) is 0 Å². The van der Waals surface area contributed by atoms with Crippen LogP contribution in [0.15, 0.2) is 45.3 Å². The van der Waals surface area contributed by atoms with Gasteiger partial charge in [0.2, 0.25) is 5.91 Å². The molecule has 2 rings (SSSR count). The Labute approximate surface area is 133 Å². The average molecular weight is 401 g/mol. The summed E-state index contributed by atoms with van der Waals surface area (Å²) in [7, 11) is 1.60. The summed E-state index contributed by atoms with van der Waals surface area (Å²) < 4.78 is 12.3. The lowest BCUT2D eigenvalue weighted by molar-refractivity contribution is 0.1000. The zero-order chi connectivity index (χ0) is 14.7. The van der Waals surface area contributed by atoms with Gasteiger partial charge in [0.15, 0.2) is 0 Å². The van der Waals surface area contributed by atoms with Crippen LogP contribution in [0.2, 0.25) is 0 Å². The molecule has 104 valence electrons. The number of benzene rings is 2. The summed E-state index contributed by atoms with van der Waals surface area (Å²) in [5.74, 6) is 1.47. The molecule has 0 fully saturated rings. The third kappa shape index (κ3) is 3.32. The van der Waals surface area contributed by atoms with Crippen LogP contribution in [0.4, 0.5) is 0 Å². The first-order valence-electron chi connectivity index (χ1n) is 5.62. The number of halogens is 2. The summed E-state index contributed by atoms with van der Waals surface area (Å²) in [6, 6.07) is 10.3. The van der Waals surface area contributed by atoms with Crippen LogP contribution in [0.5, 0.6) is 17.2 Å². The Bertz CT molecular complexity index is 659.